The van der Waals surface area contributed by atoms with Gasteiger partial charge in [-0.05, 0) is 44.2 Å². The van der Waals surface area contributed by atoms with Gasteiger partial charge in [-0.3, -0.25) is 4.90 Å². The summed E-state index contributed by atoms with van der Waals surface area (Å²) in [7, 11) is 2.10. The lowest BCUT2D eigenvalue weighted by Crippen LogP contribution is -2.37. The van der Waals surface area contributed by atoms with Crippen LogP contribution in [0.2, 0.25) is 0 Å². The second kappa shape index (κ2) is 9.78. The molecule has 130 valence electrons. The average Bonchev–Trinajstić information content (AvgIpc) is 3.07. The van der Waals surface area contributed by atoms with Gasteiger partial charge in [0.2, 0.25) is 0 Å². The highest BCUT2D eigenvalue weighted by Gasteiger charge is 2.07. The second-order valence-electron chi connectivity index (χ2n) is 5.75. The highest BCUT2D eigenvalue weighted by molar-refractivity contribution is 5.79. The summed E-state index contributed by atoms with van der Waals surface area (Å²) in [6.45, 7) is 8.20. The molecule has 0 aliphatic heterocycles. The minimum absolute atomic E-state index is 0.667. The van der Waals surface area contributed by atoms with Gasteiger partial charge in [-0.1, -0.05) is 24.3 Å². The zero-order chi connectivity index (χ0) is 17.2. The molecule has 0 unspecified atom stereocenters. The molecule has 2 N–H and O–H groups in total. The Morgan fingerprint density at radius 2 is 1.71 bits per heavy atom. The Kier molecular flexibility index (Phi) is 7.36. The van der Waals surface area contributed by atoms with Crippen molar-refractivity contribution >= 4 is 5.96 Å². The van der Waals surface area contributed by atoms with E-state index in [-0.39, 0.29) is 0 Å². The molecule has 1 aromatic heterocycles. The molecule has 0 radical (unpaired) electrons. The summed E-state index contributed by atoms with van der Waals surface area (Å²) < 4.78 is 5.42. The van der Waals surface area contributed by atoms with E-state index in [2.05, 4.69) is 65.7 Å². The first-order chi connectivity index (χ1) is 11.7. The van der Waals surface area contributed by atoms with Crippen molar-refractivity contribution in [3.05, 3.63) is 59.5 Å². The maximum absolute atomic E-state index is 5.42. The molecule has 5 nitrogen and oxygen atoms in total. The zero-order valence-corrected chi connectivity index (χ0v) is 14.9. The minimum Gasteiger partial charge on any atom is -0.468 e. The van der Waals surface area contributed by atoms with Crippen LogP contribution in [0.15, 0.2) is 52.1 Å². The Hall–Kier alpha value is -2.27. The van der Waals surface area contributed by atoms with Gasteiger partial charge in [0, 0.05) is 19.6 Å². The standard InChI is InChI=1S/C19H28N4O/c1-4-20-19(21-5-2)22-13-16-9-6-7-10-17(16)14-23(3)15-18-11-8-12-24-18/h6-12H,4-5,13-15H2,1-3H3,(H2,20,21,22). The fraction of sp³-hybridized carbons (Fsp3) is 0.421. The van der Waals surface area contributed by atoms with Crippen LogP contribution in [-0.2, 0) is 19.6 Å². The van der Waals surface area contributed by atoms with Crippen molar-refractivity contribution in [2.75, 3.05) is 20.1 Å². The number of hydrogen-bond donors (Lipinski definition) is 2. The normalized spacial score (nSPS) is 10.7. The Balaban J connectivity index is 2.02. The first-order valence-electron chi connectivity index (χ1n) is 8.52. The van der Waals surface area contributed by atoms with E-state index in [4.69, 9.17) is 4.42 Å². The van der Waals surface area contributed by atoms with Crippen LogP contribution in [0.4, 0.5) is 0 Å². The van der Waals surface area contributed by atoms with E-state index in [1.54, 1.807) is 6.26 Å². The molecule has 0 atom stereocenters. The quantitative estimate of drug-likeness (QED) is 0.578. The van der Waals surface area contributed by atoms with Gasteiger partial charge in [0.25, 0.3) is 0 Å². The molecule has 1 heterocycles. The van der Waals surface area contributed by atoms with Gasteiger partial charge >= 0.3 is 0 Å². The van der Waals surface area contributed by atoms with Gasteiger partial charge in [0.15, 0.2) is 5.96 Å². The van der Waals surface area contributed by atoms with Crippen LogP contribution in [0.3, 0.4) is 0 Å². The Bertz CT molecular complexity index is 614. The van der Waals surface area contributed by atoms with Crippen molar-refractivity contribution in [3.63, 3.8) is 0 Å². The number of aliphatic imine (C=N–C) groups is 1. The molecule has 0 fully saturated rings. The molecule has 2 rings (SSSR count). The van der Waals surface area contributed by atoms with Gasteiger partial charge in [0.05, 0.1) is 19.4 Å². The largest absolute Gasteiger partial charge is 0.468 e. The van der Waals surface area contributed by atoms with Crippen LogP contribution < -0.4 is 10.6 Å². The molecular formula is C19H28N4O. The molecule has 0 spiro atoms. The lowest BCUT2D eigenvalue weighted by molar-refractivity contribution is 0.287. The second-order valence-corrected chi connectivity index (χ2v) is 5.75. The lowest BCUT2D eigenvalue weighted by Gasteiger charge is -2.17. The van der Waals surface area contributed by atoms with Crippen LogP contribution in [0.5, 0.6) is 0 Å². The Labute approximate surface area is 144 Å². The van der Waals surface area contributed by atoms with Gasteiger partial charge < -0.3 is 15.1 Å². The van der Waals surface area contributed by atoms with Gasteiger partial charge in [-0.25, -0.2) is 4.99 Å². The van der Waals surface area contributed by atoms with Crippen LogP contribution in [0.1, 0.15) is 30.7 Å². The van der Waals surface area contributed by atoms with E-state index in [1.807, 2.05) is 12.1 Å². The van der Waals surface area contributed by atoms with Gasteiger partial charge in [0.1, 0.15) is 5.76 Å². The molecule has 0 amide bonds. The van der Waals surface area contributed by atoms with Crippen LogP contribution in [0.25, 0.3) is 0 Å². The predicted molar refractivity (Wildman–Crippen MR) is 98.8 cm³/mol. The van der Waals surface area contributed by atoms with Crippen molar-refractivity contribution in [1.82, 2.24) is 15.5 Å². The zero-order valence-electron chi connectivity index (χ0n) is 14.9. The highest BCUT2D eigenvalue weighted by atomic mass is 16.3. The number of rotatable bonds is 8. The summed E-state index contributed by atoms with van der Waals surface area (Å²) >= 11 is 0. The molecule has 0 aliphatic rings. The first kappa shape index (κ1) is 18.1. The monoisotopic (exact) mass is 328 g/mol. The van der Waals surface area contributed by atoms with Gasteiger partial charge in [-0.15, -0.1) is 0 Å². The maximum atomic E-state index is 5.42. The average molecular weight is 328 g/mol. The summed E-state index contributed by atoms with van der Waals surface area (Å²) in [4.78, 5) is 6.92. The molecule has 0 bridgehead atoms. The lowest BCUT2D eigenvalue weighted by atomic mass is 10.1. The third-order valence-corrected chi connectivity index (χ3v) is 3.66. The van der Waals surface area contributed by atoms with E-state index >= 15 is 0 Å². The van der Waals surface area contributed by atoms with Crippen molar-refractivity contribution in [3.8, 4) is 0 Å². The first-order valence-corrected chi connectivity index (χ1v) is 8.52. The number of furan rings is 1. The van der Waals surface area contributed by atoms with Crippen LogP contribution >= 0.6 is 0 Å². The SMILES string of the molecule is CCNC(=NCc1ccccc1CN(C)Cc1ccco1)NCC. The van der Waals surface area contributed by atoms with Crippen molar-refractivity contribution in [1.29, 1.82) is 0 Å². The van der Waals surface area contributed by atoms with Crippen molar-refractivity contribution in [2.45, 2.75) is 33.5 Å². The number of benzene rings is 1. The van der Waals surface area contributed by atoms with Crippen LogP contribution in [0, 0.1) is 0 Å². The van der Waals surface area contributed by atoms with Crippen molar-refractivity contribution in [2.24, 2.45) is 4.99 Å². The molecule has 1 aromatic carbocycles. The van der Waals surface area contributed by atoms with E-state index in [1.165, 1.54) is 11.1 Å². The summed E-state index contributed by atoms with van der Waals surface area (Å²) in [6.07, 6.45) is 1.72. The summed E-state index contributed by atoms with van der Waals surface area (Å²) in [5.74, 6) is 1.84. The maximum Gasteiger partial charge on any atom is 0.191 e. The number of nitrogens with zero attached hydrogens (tertiary/aromatic N) is 2. The summed E-state index contributed by atoms with van der Waals surface area (Å²) in [5, 5.41) is 6.52. The molecule has 0 saturated heterocycles. The number of hydrogen-bond acceptors (Lipinski definition) is 3. The number of nitrogens with one attached hydrogen (secondary N) is 2. The van der Waals surface area contributed by atoms with E-state index in [0.29, 0.717) is 6.54 Å². The third-order valence-electron chi connectivity index (χ3n) is 3.66. The van der Waals surface area contributed by atoms with Crippen LogP contribution in [-0.4, -0.2) is 31.0 Å². The van der Waals surface area contributed by atoms with Crippen molar-refractivity contribution < 1.29 is 4.42 Å². The summed E-state index contributed by atoms with van der Waals surface area (Å²) in [5.41, 5.74) is 2.54. The minimum atomic E-state index is 0.667. The smallest absolute Gasteiger partial charge is 0.191 e. The summed E-state index contributed by atoms with van der Waals surface area (Å²) in [6, 6.07) is 12.4. The predicted octanol–water partition coefficient (Wildman–Crippen LogP) is 2.99. The molecular weight excluding hydrogens is 300 g/mol. The molecule has 0 saturated carbocycles. The third kappa shape index (κ3) is 5.74. The Morgan fingerprint density at radius 1 is 1.00 bits per heavy atom. The topological polar surface area (TPSA) is 52.8 Å². The van der Waals surface area contributed by atoms with E-state index in [9.17, 15) is 0 Å². The van der Waals surface area contributed by atoms with E-state index in [0.717, 1.165) is 37.9 Å². The molecule has 24 heavy (non-hydrogen) atoms. The highest BCUT2D eigenvalue weighted by Crippen LogP contribution is 2.14. The molecule has 2 aromatic rings. The molecule has 0 aliphatic carbocycles. The van der Waals surface area contributed by atoms with Gasteiger partial charge in [-0.2, -0.15) is 0 Å². The van der Waals surface area contributed by atoms with E-state index < -0.39 is 0 Å². The fourth-order valence-electron chi connectivity index (χ4n) is 2.55. The molecule has 5 heteroatoms. The Morgan fingerprint density at radius 3 is 2.33 bits per heavy atom. The fourth-order valence-corrected chi connectivity index (χ4v) is 2.55. The number of guanidine groups is 1.